The number of hydrogen-bond acceptors (Lipinski definition) is 4. The Kier molecular flexibility index (Phi) is 7.81. The number of Topliss-reactive ketones (excluding diaryl/α,β-unsaturated/α-hetero) is 1. The number of pyridine rings is 1. The van der Waals surface area contributed by atoms with Crippen molar-refractivity contribution in [2.75, 3.05) is 11.5 Å². The Morgan fingerprint density at radius 1 is 1.13 bits per heavy atom. The third-order valence-electron chi connectivity index (χ3n) is 4.46. The molecule has 1 heterocycles. The largest absolute Gasteiger partial charge is 0.542 e. The van der Waals surface area contributed by atoms with Crippen LogP contribution in [0.2, 0.25) is 16.6 Å². The minimum absolute atomic E-state index is 0.0866. The van der Waals surface area contributed by atoms with Gasteiger partial charge < -0.3 is 4.43 Å². The van der Waals surface area contributed by atoms with Crippen molar-refractivity contribution >= 4 is 25.9 Å². The second kappa shape index (κ2) is 8.88. The Bertz CT molecular complexity index is 478. The maximum Gasteiger partial charge on any atom is 0.258 e. The molecule has 3 nitrogen and oxygen atoms in total. The van der Waals surface area contributed by atoms with Crippen molar-refractivity contribution in [3.05, 3.63) is 24.0 Å². The van der Waals surface area contributed by atoms with E-state index in [4.69, 9.17) is 4.43 Å². The van der Waals surface area contributed by atoms with Gasteiger partial charge in [0.2, 0.25) is 0 Å². The molecule has 0 radical (unpaired) electrons. The topological polar surface area (TPSA) is 39.2 Å². The van der Waals surface area contributed by atoms with Gasteiger partial charge in [-0.25, -0.2) is 4.98 Å². The number of hydrogen-bond donors (Lipinski definition) is 0. The predicted octanol–water partition coefficient (Wildman–Crippen LogP) is 5.57. The molecule has 0 saturated carbocycles. The number of carbonyl (C=O) groups is 1. The van der Waals surface area contributed by atoms with Crippen LogP contribution in [0.4, 0.5) is 0 Å². The van der Waals surface area contributed by atoms with Crippen molar-refractivity contribution in [3.8, 4) is 5.75 Å². The molecule has 1 rings (SSSR count). The first kappa shape index (κ1) is 20.2. The highest BCUT2D eigenvalue weighted by molar-refractivity contribution is 7.99. The van der Waals surface area contributed by atoms with Crippen LogP contribution in [0.5, 0.6) is 5.75 Å². The maximum atomic E-state index is 12.0. The third kappa shape index (κ3) is 4.83. The summed E-state index contributed by atoms with van der Waals surface area (Å²) < 4.78 is 6.56. The summed E-state index contributed by atoms with van der Waals surface area (Å²) in [5, 5.41) is 0. The van der Waals surface area contributed by atoms with Crippen LogP contribution in [0, 0.1) is 0 Å². The van der Waals surface area contributed by atoms with Gasteiger partial charge in [0.05, 0.1) is 11.9 Å². The fourth-order valence-corrected chi connectivity index (χ4v) is 9.21. The van der Waals surface area contributed by atoms with Gasteiger partial charge in [0.25, 0.3) is 8.32 Å². The molecule has 0 atom stereocenters. The van der Waals surface area contributed by atoms with Crippen molar-refractivity contribution < 1.29 is 9.22 Å². The molecule has 0 aliphatic carbocycles. The number of rotatable bonds is 9. The monoisotopic (exact) mass is 353 g/mol. The molecular formula is C18H31NO2SSi. The standard InChI is InChI=1S/C18H31NO2SSi/c1-8-22-12-18(20)17-10-9-16(11-19-17)21-23(13(2)3,14(4)5)15(6)7/h9-11,13-15H,8,12H2,1-7H3. The first-order valence-corrected chi connectivity index (χ1v) is 11.8. The van der Waals surface area contributed by atoms with Gasteiger partial charge in [0.1, 0.15) is 11.4 Å². The fourth-order valence-electron chi connectivity index (χ4n) is 3.43. The normalized spacial score (nSPS) is 12.3. The zero-order valence-corrected chi connectivity index (χ0v) is 17.4. The quantitative estimate of drug-likeness (QED) is 0.429. The smallest absolute Gasteiger partial charge is 0.258 e. The Hall–Kier alpha value is -0.813. The molecule has 0 aromatic carbocycles. The summed E-state index contributed by atoms with van der Waals surface area (Å²) in [5.74, 6) is 2.32. The average Bonchev–Trinajstić information content (AvgIpc) is 2.49. The number of carbonyl (C=O) groups excluding carboxylic acids is 1. The summed E-state index contributed by atoms with van der Waals surface area (Å²) in [6, 6.07) is 3.71. The van der Waals surface area contributed by atoms with Gasteiger partial charge >= 0.3 is 0 Å². The van der Waals surface area contributed by atoms with Crippen LogP contribution in [0.25, 0.3) is 0 Å². The molecule has 0 bridgehead atoms. The second-order valence-corrected chi connectivity index (χ2v) is 13.5. The van der Waals surface area contributed by atoms with Crippen molar-refractivity contribution in [1.82, 2.24) is 4.98 Å². The molecule has 0 aliphatic rings. The molecule has 1 aromatic rings. The molecule has 0 spiro atoms. The Labute approximate surface area is 146 Å². The van der Waals surface area contributed by atoms with E-state index in [9.17, 15) is 4.79 Å². The van der Waals surface area contributed by atoms with Crippen molar-refractivity contribution in [2.24, 2.45) is 0 Å². The molecule has 0 N–H and O–H groups in total. The van der Waals surface area contributed by atoms with Crippen LogP contribution in [0.15, 0.2) is 18.3 Å². The Morgan fingerprint density at radius 2 is 1.70 bits per heavy atom. The summed E-state index contributed by atoms with van der Waals surface area (Å²) in [7, 11) is -1.96. The van der Waals surface area contributed by atoms with Crippen LogP contribution >= 0.6 is 11.8 Å². The summed E-state index contributed by atoms with van der Waals surface area (Å²) in [5.41, 5.74) is 2.09. The molecule has 5 heteroatoms. The zero-order chi connectivity index (χ0) is 17.6. The predicted molar refractivity (Wildman–Crippen MR) is 103 cm³/mol. The van der Waals surface area contributed by atoms with Gasteiger partial charge in [0.15, 0.2) is 5.78 Å². The first-order valence-electron chi connectivity index (χ1n) is 8.51. The zero-order valence-electron chi connectivity index (χ0n) is 15.6. The van der Waals surface area contributed by atoms with E-state index >= 15 is 0 Å². The molecule has 0 aliphatic heterocycles. The lowest BCUT2D eigenvalue weighted by atomic mass is 10.3. The second-order valence-electron chi connectivity index (χ2n) is 6.86. The van der Waals surface area contributed by atoms with Crippen LogP contribution in [-0.4, -0.2) is 30.6 Å². The number of ketones is 1. The molecule has 1 aromatic heterocycles. The number of aromatic nitrogens is 1. The molecule has 0 fully saturated rings. The lowest BCUT2D eigenvalue weighted by Gasteiger charge is -2.42. The lowest BCUT2D eigenvalue weighted by molar-refractivity contribution is 0.101. The SMILES string of the molecule is CCSCC(=O)c1ccc(O[Si](C(C)C)(C(C)C)C(C)C)cn1. The van der Waals surface area contributed by atoms with Crippen LogP contribution in [-0.2, 0) is 0 Å². The van der Waals surface area contributed by atoms with Crippen molar-refractivity contribution in [3.63, 3.8) is 0 Å². The Balaban J connectivity index is 2.96. The minimum Gasteiger partial charge on any atom is -0.542 e. The van der Waals surface area contributed by atoms with Crippen molar-refractivity contribution in [1.29, 1.82) is 0 Å². The molecule has 0 saturated heterocycles. The highest BCUT2D eigenvalue weighted by Crippen LogP contribution is 2.42. The van der Waals surface area contributed by atoms with E-state index in [0.717, 1.165) is 11.5 Å². The molecule has 0 amide bonds. The van der Waals surface area contributed by atoms with E-state index in [1.54, 1.807) is 24.0 Å². The van der Waals surface area contributed by atoms with Crippen LogP contribution in [0.3, 0.4) is 0 Å². The van der Waals surface area contributed by atoms with E-state index < -0.39 is 8.32 Å². The third-order valence-corrected chi connectivity index (χ3v) is 11.3. The van der Waals surface area contributed by atoms with Gasteiger partial charge in [0, 0.05) is 0 Å². The summed E-state index contributed by atoms with van der Waals surface area (Å²) in [6.45, 7) is 15.6. The van der Waals surface area contributed by atoms with Gasteiger partial charge in [-0.3, -0.25) is 4.79 Å². The first-order chi connectivity index (χ1) is 10.8. The summed E-state index contributed by atoms with van der Waals surface area (Å²) in [6.07, 6.45) is 1.72. The highest BCUT2D eigenvalue weighted by Gasteiger charge is 2.47. The van der Waals surface area contributed by atoms with E-state index in [0.29, 0.717) is 28.1 Å². The van der Waals surface area contributed by atoms with E-state index in [1.807, 2.05) is 6.07 Å². The molecule has 130 valence electrons. The molecular weight excluding hydrogens is 322 g/mol. The van der Waals surface area contributed by atoms with E-state index in [1.165, 1.54) is 0 Å². The van der Waals surface area contributed by atoms with Crippen LogP contribution < -0.4 is 4.43 Å². The Morgan fingerprint density at radius 3 is 2.09 bits per heavy atom. The summed E-state index contributed by atoms with van der Waals surface area (Å²) in [4.78, 5) is 16.3. The van der Waals surface area contributed by atoms with E-state index in [2.05, 4.69) is 53.5 Å². The van der Waals surface area contributed by atoms with Gasteiger partial charge in [-0.2, -0.15) is 11.8 Å². The molecule has 0 unspecified atom stereocenters. The van der Waals surface area contributed by atoms with Crippen LogP contribution in [0.1, 0.15) is 59.0 Å². The minimum atomic E-state index is -1.96. The maximum absolute atomic E-state index is 12.0. The summed E-state index contributed by atoms with van der Waals surface area (Å²) >= 11 is 1.62. The van der Waals surface area contributed by atoms with Gasteiger partial charge in [-0.05, 0) is 34.5 Å². The number of nitrogens with zero attached hydrogens (tertiary/aromatic N) is 1. The van der Waals surface area contributed by atoms with Crippen molar-refractivity contribution in [2.45, 2.75) is 65.1 Å². The molecule has 23 heavy (non-hydrogen) atoms. The van der Waals surface area contributed by atoms with Gasteiger partial charge in [-0.15, -0.1) is 0 Å². The fraction of sp³-hybridized carbons (Fsp3) is 0.667. The van der Waals surface area contributed by atoms with E-state index in [-0.39, 0.29) is 5.78 Å². The van der Waals surface area contributed by atoms with Gasteiger partial charge in [-0.1, -0.05) is 48.5 Å². The number of thioether (sulfide) groups is 1. The lowest BCUT2D eigenvalue weighted by Crippen LogP contribution is -2.50. The average molecular weight is 354 g/mol. The highest BCUT2D eigenvalue weighted by atomic mass is 32.2.